The molecule has 3 rings (SSSR count). The van der Waals surface area contributed by atoms with Crippen molar-refractivity contribution in [3.05, 3.63) is 64.1 Å². The number of rotatable bonds is 5. The molecular formula is C22H26N2O4. The quantitative estimate of drug-likeness (QED) is 0.488. The van der Waals surface area contributed by atoms with Gasteiger partial charge in [0.2, 0.25) is 0 Å². The van der Waals surface area contributed by atoms with Gasteiger partial charge in [-0.25, -0.2) is 0 Å². The monoisotopic (exact) mass is 382 g/mol. The molecule has 0 radical (unpaired) electrons. The molecule has 148 valence electrons. The minimum absolute atomic E-state index is 0.0707. The number of carbonyl (C=O) groups excluding carboxylic acids is 2. The summed E-state index contributed by atoms with van der Waals surface area (Å²) in [4.78, 5) is 29.0. The predicted molar refractivity (Wildman–Crippen MR) is 107 cm³/mol. The molecule has 0 saturated carbocycles. The van der Waals surface area contributed by atoms with E-state index in [2.05, 4.69) is 0 Å². The van der Waals surface area contributed by atoms with Gasteiger partial charge in [0, 0.05) is 18.7 Å². The maximum absolute atomic E-state index is 12.9. The highest BCUT2D eigenvalue weighted by Crippen LogP contribution is 2.40. The number of furan rings is 1. The van der Waals surface area contributed by atoms with Crippen LogP contribution in [0, 0.1) is 20.8 Å². The van der Waals surface area contributed by atoms with E-state index in [0.717, 1.165) is 11.1 Å². The van der Waals surface area contributed by atoms with Crippen LogP contribution in [0.1, 0.15) is 34.3 Å². The lowest BCUT2D eigenvalue weighted by Gasteiger charge is -2.24. The molecule has 28 heavy (non-hydrogen) atoms. The second-order valence-electron chi connectivity index (χ2n) is 7.54. The second-order valence-corrected chi connectivity index (χ2v) is 7.54. The van der Waals surface area contributed by atoms with Gasteiger partial charge in [-0.2, -0.15) is 0 Å². The van der Waals surface area contributed by atoms with Crippen LogP contribution in [0.2, 0.25) is 0 Å². The number of carbonyl (C=O) groups is 2. The van der Waals surface area contributed by atoms with Crippen LogP contribution in [0.15, 0.2) is 40.3 Å². The summed E-state index contributed by atoms with van der Waals surface area (Å²) >= 11 is 0. The molecule has 1 fully saturated rings. The van der Waals surface area contributed by atoms with E-state index in [1.165, 1.54) is 4.90 Å². The molecule has 1 amide bonds. The number of Topliss-reactive ketones (excluding diaryl/α,β-unsaturated/α-hetero) is 1. The van der Waals surface area contributed by atoms with Crippen LogP contribution >= 0.6 is 0 Å². The lowest BCUT2D eigenvalue weighted by atomic mass is 9.97. The Morgan fingerprint density at radius 3 is 2.39 bits per heavy atom. The molecule has 1 aromatic carbocycles. The number of amides is 1. The molecule has 2 aromatic rings. The molecule has 1 aliphatic heterocycles. The average molecular weight is 382 g/mol. The van der Waals surface area contributed by atoms with E-state index in [4.69, 9.17) is 4.42 Å². The number of aryl methyl sites for hydroxylation is 3. The van der Waals surface area contributed by atoms with Crippen LogP contribution in [-0.4, -0.2) is 53.8 Å². The molecule has 6 nitrogen and oxygen atoms in total. The highest BCUT2D eigenvalue weighted by atomic mass is 16.3. The van der Waals surface area contributed by atoms with E-state index in [0.29, 0.717) is 30.2 Å². The van der Waals surface area contributed by atoms with Crippen molar-refractivity contribution < 1.29 is 19.1 Å². The van der Waals surface area contributed by atoms with E-state index in [1.54, 1.807) is 25.1 Å². The summed E-state index contributed by atoms with van der Waals surface area (Å²) in [6, 6.07) is 8.27. The second kappa shape index (κ2) is 7.64. The van der Waals surface area contributed by atoms with E-state index in [1.807, 2.05) is 45.0 Å². The third-order valence-electron chi connectivity index (χ3n) is 5.14. The lowest BCUT2D eigenvalue weighted by molar-refractivity contribution is -0.140. The third-order valence-corrected chi connectivity index (χ3v) is 5.14. The summed E-state index contributed by atoms with van der Waals surface area (Å²) in [5.41, 5.74) is 2.67. The van der Waals surface area contributed by atoms with Gasteiger partial charge in [0.05, 0.1) is 5.57 Å². The van der Waals surface area contributed by atoms with Crippen molar-refractivity contribution in [2.75, 3.05) is 27.2 Å². The van der Waals surface area contributed by atoms with Gasteiger partial charge in [0.1, 0.15) is 23.3 Å². The minimum atomic E-state index is -0.741. The van der Waals surface area contributed by atoms with Gasteiger partial charge in [-0.1, -0.05) is 12.1 Å². The number of aliphatic hydroxyl groups is 1. The first-order chi connectivity index (χ1) is 13.2. The number of ketones is 1. The zero-order valence-corrected chi connectivity index (χ0v) is 16.9. The Labute approximate surface area is 165 Å². The molecule has 1 N–H and O–H groups in total. The van der Waals surface area contributed by atoms with E-state index in [-0.39, 0.29) is 11.3 Å². The van der Waals surface area contributed by atoms with Gasteiger partial charge in [-0.15, -0.1) is 0 Å². The van der Waals surface area contributed by atoms with Crippen molar-refractivity contribution >= 4 is 17.4 Å². The van der Waals surface area contributed by atoms with Crippen molar-refractivity contribution in [1.82, 2.24) is 9.80 Å². The Bertz CT molecular complexity index is 955. The predicted octanol–water partition coefficient (Wildman–Crippen LogP) is 3.19. The fraction of sp³-hybridized carbons (Fsp3) is 0.364. The highest BCUT2D eigenvalue weighted by Gasteiger charge is 2.47. The molecular weight excluding hydrogens is 356 g/mol. The summed E-state index contributed by atoms with van der Waals surface area (Å²) in [5.74, 6) is -0.326. The maximum atomic E-state index is 12.9. The van der Waals surface area contributed by atoms with Gasteiger partial charge < -0.3 is 19.3 Å². The van der Waals surface area contributed by atoms with Gasteiger partial charge in [-0.05, 0) is 64.2 Å². The Balaban J connectivity index is 2.14. The smallest absolute Gasteiger partial charge is 0.295 e. The number of likely N-dealkylation sites (tertiary alicyclic amines) is 1. The molecule has 1 aromatic heterocycles. The fourth-order valence-electron chi connectivity index (χ4n) is 3.36. The van der Waals surface area contributed by atoms with Gasteiger partial charge in [-0.3, -0.25) is 9.59 Å². The van der Waals surface area contributed by atoms with E-state index in [9.17, 15) is 14.7 Å². The fourth-order valence-corrected chi connectivity index (χ4v) is 3.36. The van der Waals surface area contributed by atoms with Crippen LogP contribution in [0.4, 0.5) is 0 Å². The van der Waals surface area contributed by atoms with Gasteiger partial charge in [0.15, 0.2) is 0 Å². The number of hydrogen-bond donors (Lipinski definition) is 1. The Kier molecular flexibility index (Phi) is 5.42. The number of likely N-dealkylation sites (N-methyl/N-ethyl adjacent to an activating group) is 1. The van der Waals surface area contributed by atoms with Crippen LogP contribution in [0.3, 0.4) is 0 Å². The average Bonchev–Trinajstić information content (AvgIpc) is 3.17. The third kappa shape index (κ3) is 3.60. The molecule has 1 unspecified atom stereocenters. The first kappa shape index (κ1) is 19.9. The standard InChI is InChI=1S/C22H26N2O4/c1-13-6-8-16(12-14(13)2)20(25)18-19(17-9-7-15(3)28-17)24(11-10-23(4)5)22(27)21(18)26/h6-9,12,19,25H,10-11H2,1-5H3/b20-18-. The van der Waals surface area contributed by atoms with Crippen molar-refractivity contribution in [3.63, 3.8) is 0 Å². The lowest BCUT2D eigenvalue weighted by Crippen LogP contribution is -2.35. The first-order valence-corrected chi connectivity index (χ1v) is 9.27. The SMILES string of the molecule is Cc1ccc(C2/C(=C(/O)c3ccc(C)c(C)c3)C(=O)C(=O)N2CCN(C)C)o1. The summed E-state index contributed by atoms with van der Waals surface area (Å²) in [6.07, 6.45) is 0. The largest absolute Gasteiger partial charge is 0.507 e. The Hall–Kier alpha value is -2.86. The molecule has 2 heterocycles. The normalized spacial score (nSPS) is 19.1. The Morgan fingerprint density at radius 1 is 1.11 bits per heavy atom. The number of aliphatic hydroxyl groups excluding tert-OH is 1. The topological polar surface area (TPSA) is 74.0 Å². The van der Waals surface area contributed by atoms with Crippen LogP contribution in [0.25, 0.3) is 5.76 Å². The van der Waals surface area contributed by atoms with E-state index < -0.39 is 17.7 Å². The van der Waals surface area contributed by atoms with Gasteiger partial charge in [0.25, 0.3) is 11.7 Å². The molecule has 1 saturated heterocycles. The van der Waals surface area contributed by atoms with Crippen LogP contribution in [-0.2, 0) is 9.59 Å². The van der Waals surface area contributed by atoms with Crippen molar-refractivity contribution in [2.45, 2.75) is 26.8 Å². The van der Waals surface area contributed by atoms with Crippen molar-refractivity contribution in [3.8, 4) is 0 Å². The molecule has 1 aliphatic rings. The zero-order valence-electron chi connectivity index (χ0n) is 16.9. The first-order valence-electron chi connectivity index (χ1n) is 9.27. The van der Waals surface area contributed by atoms with Crippen LogP contribution in [0.5, 0.6) is 0 Å². The van der Waals surface area contributed by atoms with E-state index >= 15 is 0 Å². The number of benzene rings is 1. The number of nitrogens with zero attached hydrogens (tertiary/aromatic N) is 2. The highest BCUT2D eigenvalue weighted by molar-refractivity contribution is 6.46. The summed E-state index contributed by atoms with van der Waals surface area (Å²) in [7, 11) is 3.80. The summed E-state index contributed by atoms with van der Waals surface area (Å²) < 4.78 is 5.76. The van der Waals surface area contributed by atoms with Gasteiger partial charge >= 0.3 is 0 Å². The maximum Gasteiger partial charge on any atom is 0.295 e. The Morgan fingerprint density at radius 2 is 1.82 bits per heavy atom. The minimum Gasteiger partial charge on any atom is -0.507 e. The molecule has 1 atom stereocenters. The molecule has 6 heteroatoms. The summed E-state index contributed by atoms with van der Waals surface area (Å²) in [6.45, 7) is 6.66. The summed E-state index contributed by atoms with van der Waals surface area (Å²) in [5, 5.41) is 11.0. The zero-order chi connectivity index (χ0) is 20.6. The van der Waals surface area contributed by atoms with Crippen LogP contribution < -0.4 is 0 Å². The number of hydrogen-bond acceptors (Lipinski definition) is 5. The molecule has 0 bridgehead atoms. The molecule has 0 spiro atoms. The van der Waals surface area contributed by atoms with Crippen molar-refractivity contribution in [2.24, 2.45) is 0 Å². The van der Waals surface area contributed by atoms with Crippen molar-refractivity contribution in [1.29, 1.82) is 0 Å². The molecule has 0 aliphatic carbocycles.